The maximum absolute atomic E-state index is 11.2. The van der Waals surface area contributed by atoms with E-state index in [0.29, 0.717) is 10.9 Å². The second-order valence-corrected chi connectivity index (χ2v) is 5.30. The van der Waals surface area contributed by atoms with Gasteiger partial charge in [-0.05, 0) is 17.2 Å². The first-order chi connectivity index (χ1) is 10.7. The molecule has 2 aromatic rings. The number of carbonyl (C=O) groups is 1. The van der Waals surface area contributed by atoms with E-state index in [1.54, 1.807) is 6.07 Å². The van der Waals surface area contributed by atoms with Gasteiger partial charge >= 0.3 is 5.69 Å². The molecule has 0 bridgehead atoms. The Bertz CT molecular complexity index is 660. The minimum absolute atomic E-state index is 0.138. The van der Waals surface area contributed by atoms with Gasteiger partial charge < -0.3 is 9.53 Å². The second-order valence-electron chi connectivity index (χ2n) is 4.66. The van der Waals surface area contributed by atoms with E-state index in [1.807, 2.05) is 30.3 Å². The number of nitro groups is 1. The number of benzene rings is 2. The highest BCUT2D eigenvalue weighted by Gasteiger charge is 2.19. The minimum Gasteiger partial charge on any atom is -0.482 e. The molecule has 0 aliphatic rings. The van der Waals surface area contributed by atoms with E-state index in [1.165, 1.54) is 12.1 Å². The molecule has 0 fully saturated rings. The molecule has 0 radical (unpaired) electrons. The van der Waals surface area contributed by atoms with Gasteiger partial charge in [0.1, 0.15) is 12.9 Å². The Labute approximate surface area is 136 Å². The number of hydrogen-bond acceptors (Lipinski definition) is 4. The maximum atomic E-state index is 11.2. The lowest BCUT2D eigenvalue weighted by molar-refractivity contribution is -0.386. The summed E-state index contributed by atoms with van der Waals surface area (Å²) in [5.41, 5.74) is 1.37. The van der Waals surface area contributed by atoms with Gasteiger partial charge in [-0.1, -0.05) is 52.3 Å². The molecule has 0 heterocycles. The Morgan fingerprint density at radius 3 is 2.55 bits per heavy atom. The second kappa shape index (κ2) is 7.70. The highest BCUT2D eigenvalue weighted by molar-refractivity contribution is 9.09. The molecule has 114 valence electrons. The van der Waals surface area contributed by atoms with E-state index in [0.717, 1.165) is 11.8 Å². The molecule has 6 heteroatoms. The first kappa shape index (κ1) is 16.2. The molecular weight excluding hydrogens is 350 g/mol. The zero-order chi connectivity index (χ0) is 15.9. The molecule has 1 atom stereocenters. The largest absolute Gasteiger partial charge is 0.482 e. The quantitative estimate of drug-likeness (QED) is 0.324. The predicted molar refractivity (Wildman–Crippen MR) is 86.5 cm³/mol. The molecule has 5 nitrogen and oxygen atoms in total. The van der Waals surface area contributed by atoms with Gasteiger partial charge in [0, 0.05) is 17.3 Å². The highest BCUT2D eigenvalue weighted by Crippen LogP contribution is 2.31. The van der Waals surface area contributed by atoms with Crippen molar-refractivity contribution in [3.05, 3.63) is 69.8 Å². The first-order valence-electron chi connectivity index (χ1n) is 6.62. The number of aldehydes is 1. The third-order valence-electron chi connectivity index (χ3n) is 3.18. The van der Waals surface area contributed by atoms with E-state index < -0.39 is 10.8 Å². The Morgan fingerprint density at radius 2 is 1.95 bits per heavy atom. The van der Waals surface area contributed by atoms with Gasteiger partial charge in [0.05, 0.1) is 4.92 Å². The monoisotopic (exact) mass is 363 g/mol. The lowest BCUT2D eigenvalue weighted by Crippen LogP contribution is -2.04. The van der Waals surface area contributed by atoms with Crippen LogP contribution in [0.5, 0.6) is 5.75 Å². The lowest BCUT2D eigenvalue weighted by Gasteiger charge is -2.10. The summed E-state index contributed by atoms with van der Waals surface area (Å²) in [5.74, 6) is -0.223. The molecular formula is C16H14BrNO4. The molecule has 22 heavy (non-hydrogen) atoms. The minimum atomic E-state index is -0.500. The highest BCUT2D eigenvalue weighted by atomic mass is 79.9. The van der Waals surface area contributed by atoms with Crippen LogP contribution in [0.25, 0.3) is 0 Å². The SMILES string of the molecule is O=CC(CBr)c1ccc(OCc2ccccc2)c([N+](=O)[O-])c1. The fraction of sp³-hybridized carbons (Fsp3) is 0.188. The van der Waals surface area contributed by atoms with Crippen LogP contribution >= 0.6 is 15.9 Å². The molecule has 0 saturated carbocycles. The molecule has 0 aromatic heterocycles. The van der Waals surface area contributed by atoms with Crippen molar-refractivity contribution in [2.45, 2.75) is 12.5 Å². The van der Waals surface area contributed by atoms with Gasteiger partial charge in [-0.15, -0.1) is 0 Å². The number of halogens is 1. The van der Waals surface area contributed by atoms with E-state index in [2.05, 4.69) is 15.9 Å². The zero-order valence-electron chi connectivity index (χ0n) is 11.6. The predicted octanol–water partition coefficient (Wildman–Crippen LogP) is 3.85. The topological polar surface area (TPSA) is 69.4 Å². The summed E-state index contributed by atoms with van der Waals surface area (Å²) in [4.78, 5) is 21.7. The van der Waals surface area contributed by atoms with Crippen molar-refractivity contribution in [1.82, 2.24) is 0 Å². The zero-order valence-corrected chi connectivity index (χ0v) is 13.2. The number of hydrogen-bond donors (Lipinski definition) is 0. The average molecular weight is 364 g/mol. The Hall–Kier alpha value is -2.21. The number of nitro benzene ring substituents is 1. The number of nitrogens with zero attached hydrogens (tertiary/aromatic N) is 1. The Kier molecular flexibility index (Phi) is 5.66. The van der Waals surface area contributed by atoms with Crippen LogP contribution in [0.15, 0.2) is 48.5 Å². The molecule has 0 spiro atoms. The molecule has 0 aliphatic carbocycles. The number of carbonyl (C=O) groups excluding carboxylic acids is 1. The van der Waals surface area contributed by atoms with Crippen molar-refractivity contribution < 1.29 is 14.5 Å². The first-order valence-corrected chi connectivity index (χ1v) is 7.74. The number of ether oxygens (including phenoxy) is 1. The van der Waals surface area contributed by atoms with Crippen molar-refractivity contribution in [2.75, 3.05) is 5.33 Å². The van der Waals surface area contributed by atoms with Crippen LogP contribution in [0.1, 0.15) is 17.0 Å². The summed E-state index contributed by atoms with van der Waals surface area (Å²) >= 11 is 3.22. The standard InChI is InChI=1S/C16H14BrNO4/c17-9-14(10-19)13-6-7-16(15(8-13)18(20)21)22-11-12-4-2-1-3-5-12/h1-8,10,14H,9,11H2. The molecule has 2 rings (SSSR count). The van der Waals surface area contributed by atoms with E-state index in [9.17, 15) is 14.9 Å². The van der Waals surface area contributed by atoms with E-state index in [4.69, 9.17) is 4.74 Å². The Balaban J connectivity index is 2.23. The fourth-order valence-electron chi connectivity index (χ4n) is 1.97. The molecule has 0 amide bonds. The van der Waals surface area contributed by atoms with Gasteiger partial charge in [0.15, 0.2) is 5.75 Å². The number of alkyl halides is 1. The third kappa shape index (κ3) is 3.92. The van der Waals surface area contributed by atoms with Crippen LogP contribution in [-0.2, 0) is 11.4 Å². The van der Waals surface area contributed by atoms with Crippen molar-refractivity contribution in [1.29, 1.82) is 0 Å². The van der Waals surface area contributed by atoms with Crippen molar-refractivity contribution >= 4 is 27.9 Å². The fourth-order valence-corrected chi connectivity index (χ4v) is 2.50. The maximum Gasteiger partial charge on any atom is 0.311 e. The van der Waals surface area contributed by atoms with Gasteiger partial charge in [0.25, 0.3) is 0 Å². The third-order valence-corrected chi connectivity index (χ3v) is 3.87. The normalized spacial score (nSPS) is 11.7. The molecule has 0 saturated heterocycles. The van der Waals surface area contributed by atoms with Crippen molar-refractivity contribution in [3.63, 3.8) is 0 Å². The van der Waals surface area contributed by atoms with Crippen LogP contribution in [0.2, 0.25) is 0 Å². The summed E-state index contributed by atoms with van der Waals surface area (Å²) in [5, 5.41) is 11.6. The molecule has 0 N–H and O–H groups in total. The van der Waals surface area contributed by atoms with Crippen LogP contribution in [-0.4, -0.2) is 16.5 Å². The van der Waals surface area contributed by atoms with Crippen LogP contribution in [0, 0.1) is 10.1 Å². The summed E-state index contributed by atoms with van der Waals surface area (Å²) in [7, 11) is 0. The van der Waals surface area contributed by atoms with Crippen LogP contribution < -0.4 is 4.74 Å². The van der Waals surface area contributed by atoms with Gasteiger partial charge in [-0.3, -0.25) is 10.1 Å². The van der Waals surface area contributed by atoms with Gasteiger partial charge in [-0.25, -0.2) is 0 Å². The van der Waals surface area contributed by atoms with E-state index in [-0.39, 0.29) is 18.0 Å². The van der Waals surface area contributed by atoms with Crippen LogP contribution in [0.3, 0.4) is 0 Å². The van der Waals surface area contributed by atoms with Gasteiger partial charge in [0.2, 0.25) is 0 Å². The average Bonchev–Trinajstić information content (AvgIpc) is 2.55. The molecule has 1 unspecified atom stereocenters. The van der Waals surface area contributed by atoms with Crippen LogP contribution in [0.4, 0.5) is 5.69 Å². The van der Waals surface area contributed by atoms with Gasteiger partial charge in [-0.2, -0.15) is 0 Å². The Morgan fingerprint density at radius 1 is 1.23 bits per heavy atom. The number of rotatable bonds is 7. The van der Waals surface area contributed by atoms with Crippen molar-refractivity contribution in [2.24, 2.45) is 0 Å². The summed E-state index contributed by atoms with van der Waals surface area (Å²) < 4.78 is 5.54. The summed E-state index contributed by atoms with van der Waals surface area (Å²) in [6.45, 7) is 0.247. The molecule has 0 aliphatic heterocycles. The van der Waals surface area contributed by atoms with Crippen molar-refractivity contribution in [3.8, 4) is 5.75 Å². The van der Waals surface area contributed by atoms with E-state index >= 15 is 0 Å². The smallest absolute Gasteiger partial charge is 0.311 e. The summed E-state index contributed by atoms with van der Waals surface area (Å²) in [6.07, 6.45) is 0.762. The lowest BCUT2D eigenvalue weighted by atomic mass is 10.0. The summed E-state index contributed by atoms with van der Waals surface area (Å²) in [6, 6.07) is 14.0. The molecule has 2 aromatic carbocycles.